The smallest absolute Gasteiger partial charge is 0.408 e. The summed E-state index contributed by atoms with van der Waals surface area (Å²) in [6.45, 7) is 19.3. The summed E-state index contributed by atoms with van der Waals surface area (Å²) in [4.78, 5) is 57.9. The Morgan fingerprint density at radius 3 is 2.33 bits per heavy atom. The molecule has 0 spiro atoms. The molecule has 2 bridgehead atoms. The van der Waals surface area contributed by atoms with Crippen LogP contribution >= 0.6 is 0 Å². The summed E-state index contributed by atoms with van der Waals surface area (Å²) < 4.78 is 36.5. The second-order valence-electron chi connectivity index (χ2n) is 20.6. The van der Waals surface area contributed by atoms with Gasteiger partial charge in [0.1, 0.15) is 41.6 Å². The zero-order valence-electron chi connectivity index (χ0n) is 41.1. The molecule has 1 unspecified atom stereocenters. The minimum atomic E-state index is -2.56. The van der Waals surface area contributed by atoms with Crippen molar-refractivity contribution >= 4 is 37.3 Å². The van der Waals surface area contributed by atoms with E-state index in [0.29, 0.717) is 47.8 Å². The molecule has 69 heavy (non-hydrogen) atoms. The summed E-state index contributed by atoms with van der Waals surface area (Å²) in [5.74, 6) is 0.163. The van der Waals surface area contributed by atoms with E-state index in [9.17, 15) is 24.3 Å². The molecule has 3 saturated heterocycles. The number of unbranched alkanes of at least 4 members (excludes halogenated alkanes) is 1. The number of rotatable bonds is 19. The number of hydrogen-bond donors (Lipinski definition) is 4. The molecule has 4 atom stereocenters. The number of phenolic OH excluding ortho intramolecular Hbond substituents is 1. The average Bonchev–Trinajstić information content (AvgIpc) is 3.79. The van der Waals surface area contributed by atoms with Crippen molar-refractivity contribution < 1.29 is 47.3 Å². The average molecular weight is 965 g/mol. The maximum absolute atomic E-state index is 14.1. The number of carbonyl (C=O) groups is 3. The van der Waals surface area contributed by atoms with Crippen LogP contribution in [0.3, 0.4) is 0 Å². The third kappa shape index (κ3) is 13.2. The Balaban J connectivity index is 0.944. The van der Waals surface area contributed by atoms with E-state index < -0.39 is 50.1 Å². The second kappa shape index (κ2) is 21.8. The Kier molecular flexibility index (Phi) is 16.1. The molecule has 3 aliphatic heterocycles. The van der Waals surface area contributed by atoms with Gasteiger partial charge in [0.25, 0.3) is 0 Å². The van der Waals surface area contributed by atoms with Gasteiger partial charge in [-0.1, -0.05) is 69.3 Å². The zero-order valence-corrected chi connectivity index (χ0v) is 42.1. The highest BCUT2D eigenvalue weighted by Crippen LogP contribution is 2.43. The number of esters is 2. The zero-order chi connectivity index (χ0) is 49.5. The van der Waals surface area contributed by atoms with E-state index in [1.807, 2.05) is 54.6 Å². The van der Waals surface area contributed by atoms with Gasteiger partial charge in [0.15, 0.2) is 8.32 Å². The number of aromatic hydroxyl groups is 1. The van der Waals surface area contributed by atoms with Gasteiger partial charge in [-0.25, -0.2) is 9.59 Å². The topological polar surface area (TPSA) is 191 Å². The predicted octanol–water partition coefficient (Wildman–Crippen LogP) is 9.32. The van der Waals surface area contributed by atoms with Crippen LogP contribution in [0.2, 0.25) is 18.1 Å². The first kappa shape index (κ1) is 50.9. The van der Waals surface area contributed by atoms with Crippen LogP contribution in [0.5, 0.6) is 11.5 Å². The van der Waals surface area contributed by atoms with Crippen molar-refractivity contribution in [2.75, 3.05) is 32.8 Å². The van der Waals surface area contributed by atoms with Gasteiger partial charge in [0.05, 0.1) is 24.3 Å². The summed E-state index contributed by atoms with van der Waals surface area (Å²) in [5, 5.41) is 17.5. The van der Waals surface area contributed by atoms with Crippen LogP contribution in [-0.2, 0) is 30.0 Å². The summed E-state index contributed by atoms with van der Waals surface area (Å²) in [6.07, 6.45) is 1.66. The number of pyridine rings is 1. The third-order valence-corrected chi connectivity index (χ3v) is 17.7. The molecule has 0 saturated carbocycles. The van der Waals surface area contributed by atoms with Gasteiger partial charge in [-0.2, -0.15) is 0 Å². The molecule has 5 aromatic rings. The third-order valence-electron chi connectivity index (χ3n) is 13.3. The number of piperidine rings is 3. The molecule has 16 heteroatoms. The van der Waals surface area contributed by atoms with Gasteiger partial charge < -0.3 is 48.5 Å². The van der Waals surface area contributed by atoms with Crippen LogP contribution in [0.15, 0.2) is 100 Å². The Bertz CT molecular complexity index is 2610. The summed E-state index contributed by atoms with van der Waals surface area (Å²) in [5.41, 5.74) is 1.40. The van der Waals surface area contributed by atoms with Crippen molar-refractivity contribution in [1.29, 1.82) is 0 Å². The number of aromatic nitrogens is 1. The van der Waals surface area contributed by atoms with E-state index in [0.717, 1.165) is 43.6 Å². The largest absolute Gasteiger partial charge is 0.506 e. The number of hydrogen-bond acceptors (Lipinski definition) is 13. The molecule has 3 aromatic carbocycles. The molecule has 3 fully saturated rings. The Morgan fingerprint density at radius 1 is 0.899 bits per heavy atom. The van der Waals surface area contributed by atoms with Gasteiger partial charge in [0, 0.05) is 18.0 Å². The van der Waals surface area contributed by atoms with Crippen LogP contribution in [0.25, 0.3) is 10.9 Å². The maximum Gasteiger partial charge on any atom is 0.408 e. The first-order valence-corrected chi connectivity index (χ1v) is 26.9. The molecular formula is C53H68N4O11Si. The molecule has 2 aromatic heterocycles. The van der Waals surface area contributed by atoms with Crippen LogP contribution < -0.4 is 20.9 Å². The normalized spacial score (nSPS) is 18.5. The quantitative estimate of drug-likeness (QED) is 0.0265. The number of carbonyl (C=O) groups excluding carboxylic acids is 3. The monoisotopic (exact) mass is 964 g/mol. The van der Waals surface area contributed by atoms with Crippen molar-refractivity contribution in [1.82, 2.24) is 20.5 Å². The minimum absolute atomic E-state index is 0.0356. The minimum Gasteiger partial charge on any atom is -0.506 e. The Labute approximate surface area is 405 Å². The van der Waals surface area contributed by atoms with E-state index in [4.69, 9.17) is 27.8 Å². The van der Waals surface area contributed by atoms with Crippen LogP contribution in [0.4, 0.5) is 4.79 Å². The van der Waals surface area contributed by atoms with Crippen molar-refractivity contribution in [3.05, 3.63) is 130 Å². The Morgan fingerprint density at radius 2 is 1.64 bits per heavy atom. The molecule has 0 radical (unpaired) electrons. The van der Waals surface area contributed by atoms with Gasteiger partial charge in [-0.05, 0) is 143 Å². The van der Waals surface area contributed by atoms with Crippen LogP contribution in [0, 0.1) is 5.92 Å². The first-order valence-electron chi connectivity index (χ1n) is 24.0. The maximum atomic E-state index is 14.1. The molecule has 5 heterocycles. The lowest BCUT2D eigenvalue weighted by atomic mass is 9.86. The van der Waals surface area contributed by atoms with Gasteiger partial charge in [-0.3, -0.25) is 14.5 Å². The number of ether oxygens (including phenoxy) is 4. The van der Waals surface area contributed by atoms with Crippen molar-refractivity contribution in [2.45, 2.75) is 122 Å². The standard InChI is InChI=1S/C53H68N4O11Si/c1-52(2,3)67-50(61)47(48(68-69(7,8)53(4,5)6)40-20-22-41(58)46-39(40)21-24-44(59)55-46)54-27-12-13-30-63-49(60)42-23-19-38(65-42)33-64-37-18-14-17-36(31-37)45(35-15-10-9-11-16-35)56-51(62)66-43-32-57-28-25-34(43)26-29-57/h9-11,14-24,31,34,43,45,47-48,54,58H,12-13,25-30,32-33H2,1-8H3,(H,55,59)(H,56,62)/t43-,45-,47?,48+/m0/s1. The molecule has 8 rings (SSSR count). The summed E-state index contributed by atoms with van der Waals surface area (Å²) >= 11 is 0. The fourth-order valence-electron chi connectivity index (χ4n) is 8.55. The lowest BCUT2D eigenvalue weighted by Crippen LogP contribution is -2.52. The number of phenols is 1. The number of nitrogens with one attached hydrogen (secondary N) is 3. The highest BCUT2D eigenvalue weighted by molar-refractivity contribution is 6.74. The highest BCUT2D eigenvalue weighted by atomic mass is 28.4. The molecule has 4 N–H and O–H groups in total. The number of furan rings is 1. The van der Waals surface area contributed by atoms with Crippen LogP contribution in [-0.4, -0.2) is 91.9 Å². The number of fused-ring (bicyclic) bond motifs is 4. The molecule has 370 valence electrons. The summed E-state index contributed by atoms with van der Waals surface area (Å²) in [6, 6.07) is 25.2. The van der Waals surface area contributed by atoms with Crippen molar-refractivity contribution in [3.63, 3.8) is 0 Å². The highest BCUT2D eigenvalue weighted by Gasteiger charge is 2.44. The fraction of sp³-hybridized carbons (Fsp3) is 0.472. The number of nitrogens with zero attached hydrogens (tertiary/aromatic N) is 1. The number of H-pyrrole nitrogens is 1. The SMILES string of the molecule is CC(C)(C)OC(=O)C(NCCCCOC(=O)c1ccc(COc2cccc([C@@H](NC(=O)O[C@H]3CN4CCC3CC4)c3ccccc3)c2)o1)[C@H](O[Si](C)(C)C(C)(C)C)c1ccc(O)c2[nH]c(=O)ccc12. The summed E-state index contributed by atoms with van der Waals surface area (Å²) in [7, 11) is -2.56. The van der Waals surface area contributed by atoms with Gasteiger partial charge in [0.2, 0.25) is 11.3 Å². The van der Waals surface area contributed by atoms with E-state index in [-0.39, 0.29) is 46.9 Å². The number of benzene rings is 3. The predicted molar refractivity (Wildman–Crippen MR) is 265 cm³/mol. The molecule has 3 aliphatic rings. The first-order chi connectivity index (χ1) is 32.7. The van der Waals surface area contributed by atoms with Crippen molar-refractivity contribution in [3.8, 4) is 11.5 Å². The molecular weight excluding hydrogens is 897 g/mol. The van der Waals surface area contributed by atoms with Gasteiger partial charge in [-0.15, -0.1) is 0 Å². The molecule has 15 nitrogen and oxygen atoms in total. The van der Waals surface area contributed by atoms with E-state index in [2.05, 4.69) is 54.4 Å². The molecule has 1 amide bonds. The number of amides is 1. The fourth-order valence-corrected chi connectivity index (χ4v) is 9.81. The lowest BCUT2D eigenvalue weighted by Gasteiger charge is -2.43. The van der Waals surface area contributed by atoms with Gasteiger partial charge >= 0.3 is 18.0 Å². The van der Waals surface area contributed by atoms with E-state index in [1.165, 1.54) is 12.1 Å². The lowest BCUT2D eigenvalue weighted by molar-refractivity contribution is -0.160. The number of alkyl carbamates (subject to hydrolysis) is 1. The van der Waals surface area contributed by atoms with E-state index >= 15 is 0 Å². The Hall–Kier alpha value is -5.94. The number of aromatic amines is 1. The van der Waals surface area contributed by atoms with E-state index in [1.54, 1.807) is 45.0 Å². The van der Waals surface area contributed by atoms with Crippen molar-refractivity contribution in [2.24, 2.45) is 5.92 Å². The second-order valence-corrected chi connectivity index (χ2v) is 25.3. The molecule has 0 aliphatic carbocycles. The van der Waals surface area contributed by atoms with Crippen LogP contribution in [0.1, 0.15) is 112 Å².